The van der Waals surface area contributed by atoms with E-state index in [1.807, 2.05) is 6.07 Å². The first-order valence-corrected chi connectivity index (χ1v) is 10.4. The van der Waals surface area contributed by atoms with Gasteiger partial charge in [-0.3, -0.25) is 9.59 Å². The average molecular weight is 488 g/mol. The zero-order valence-electron chi connectivity index (χ0n) is 17.1. The van der Waals surface area contributed by atoms with E-state index in [0.717, 1.165) is 10.4 Å². The molecule has 2 aromatic carbocycles. The number of carbonyl (C=O) groups excluding carboxylic acids is 2. The van der Waals surface area contributed by atoms with Crippen molar-refractivity contribution in [2.45, 2.75) is 25.6 Å². The van der Waals surface area contributed by atoms with Crippen LogP contribution in [0.1, 0.15) is 23.4 Å². The van der Waals surface area contributed by atoms with Gasteiger partial charge >= 0.3 is 12.1 Å². The number of nitrogens with one attached hydrogen (secondary N) is 1. The van der Waals surface area contributed by atoms with Gasteiger partial charge in [-0.2, -0.15) is 4.80 Å². The number of aromatic nitrogens is 4. The van der Waals surface area contributed by atoms with Crippen molar-refractivity contribution in [3.63, 3.8) is 0 Å². The lowest BCUT2D eigenvalue weighted by Gasteiger charge is -2.15. The first-order chi connectivity index (χ1) is 15.8. The van der Waals surface area contributed by atoms with Crippen LogP contribution >= 0.6 is 23.8 Å². The van der Waals surface area contributed by atoms with Gasteiger partial charge in [-0.25, -0.2) is 4.79 Å². The Labute approximate surface area is 198 Å². The van der Waals surface area contributed by atoms with Crippen molar-refractivity contribution in [3.05, 3.63) is 76.6 Å². The number of amides is 1. The van der Waals surface area contributed by atoms with Crippen molar-refractivity contribution < 1.29 is 24.2 Å². The van der Waals surface area contributed by atoms with Crippen molar-refractivity contribution >= 4 is 46.5 Å². The number of ether oxygens (including phenoxy) is 1. The van der Waals surface area contributed by atoms with E-state index in [9.17, 15) is 14.4 Å². The minimum atomic E-state index is -1.34. The molecule has 0 aliphatic rings. The average Bonchev–Trinajstić information content (AvgIpc) is 3.26. The lowest BCUT2D eigenvalue weighted by Crippen LogP contribution is -2.44. The summed E-state index contributed by atoms with van der Waals surface area (Å²) in [5, 5.41) is 23.6. The van der Waals surface area contributed by atoms with Crippen LogP contribution in [0.2, 0.25) is 5.02 Å². The summed E-state index contributed by atoms with van der Waals surface area (Å²) in [4.78, 5) is 37.2. The predicted octanol–water partition coefficient (Wildman–Crippen LogP) is 2.43. The summed E-state index contributed by atoms with van der Waals surface area (Å²) < 4.78 is 5.06. The minimum absolute atomic E-state index is 0.0310. The molecule has 1 atom stereocenters. The lowest BCUT2D eigenvalue weighted by molar-refractivity contribution is -0.139. The third-order valence-electron chi connectivity index (χ3n) is 4.33. The monoisotopic (exact) mass is 487 g/mol. The maximum absolute atomic E-state index is 12.6. The van der Waals surface area contributed by atoms with Crippen LogP contribution in [0.5, 0.6) is 0 Å². The number of carbonyl (C=O) groups is 3. The predicted molar refractivity (Wildman–Crippen MR) is 121 cm³/mol. The number of rotatable bonds is 10. The van der Waals surface area contributed by atoms with Crippen LogP contribution in [0.25, 0.3) is 0 Å². The van der Waals surface area contributed by atoms with Gasteiger partial charge in [0.05, 0.1) is 11.3 Å². The van der Waals surface area contributed by atoms with E-state index in [0.29, 0.717) is 15.5 Å². The van der Waals surface area contributed by atoms with E-state index in [1.165, 1.54) is 0 Å². The molecular formula is C21H18ClN5O5S. The van der Waals surface area contributed by atoms with Gasteiger partial charge in [0.15, 0.2) is 5.78 Å². The number of Topliss-reactive ketones (excluding diaryl/α,β-unsaturated/α-hetero) is 1. The zero-order chi connectivity index (χ0) is 23.8. The Balaban J connectivity index is 1.61. The van der Waals surface area contributed by atoms with Crippen LogP contribution < -0.4 is 5.32 Å². The zero-order valence-corrected chi connectivity index (χ0v) is 18.6. The Hall–Kier alpha value is -3.70. The number of ketones is 1. The summed E-state index contributed by atoms with van der Waals surface area (Å²) >= 11 is 11.2. The summed E-state index contributed by atoms with van der Waals surface area (Å²) in [6, 6.07) is 14.3. The third kappa shape index (κ3) is 7.16. The Morgan fingerprint density at radius 2 is 1.82 bits per heavy atom. The van der Waals surface area contributed by atoms with Gasteiger partial charge < -0.3 is 15.2 Å². The molecule has 170 valence electrons. The van der Waals surface area contributed by atoms with Gasteiger partial charge in [0.1, 0.15) is 19.2 Å². The van der Waals surface area contributed by atoms with E-state index in [4.69, 9.17) is 33.7 Å². The number of alkyl carbamates (subject to hydrolysis) is 1. The Kier molecular flexibility index (Phi) is 8.17. The fourth-order valence-corrected chi connectivity index (χ4v) is 3.05. The highest BCUT2D eigenvalue weighted by Crippen LogP contribution is 2.12. The first kappa shape index (κ1) is 24.0. The quantitative estimate of drug-likeness (QED) is 0.326. The van der Waals surface area contributed by atoms with E-state index in [2.05, 4.69) is 20.7 Å². The van der Waals surface area contributed by atoms with Crippen LogP contribution in [0.15, 0.2) is 54.6 Å². The molecule has 1 heterocycles. The standard InChI is InChI=1S/C21H18ClN5O5S/c22-15-8-6-14(7-9-15)19(33)20-24-26-27(25-20)11-17(28)16(10-18(29)30)23-21(31)32-12-13-4-2-1-3-5-13/h1-9,16H,10-12H2,(H,23,31)(H,29,30). The van der Waals surface area contributed by atoms with Crippen molar-refractivity contribution in [3.8, 4) is 0 Å². The fraction of sp³-hybridized carbons (Fsp3) is 0.190. The molecule has 0 aliphatic carbocycles. The van der Waals surface area contributed by atoms with Gasteiger partial charge in [0, 0.05) is 5.02 Å². The molecule has 12 heteroatoms. The van der Waals surface area contributed by atoms with E-state index in [-0.39, 0.29) is 12.4 Å². The number of halogens is 1. The normalized spacial score (nSPS) is 11.4. The molecule has 1 amide bonds. The van der Waals surface area contributed by atoms with Gasteiger partial charge in [-0.15, -0.1) is 10.2 Å². The van der Waals surface area contributed by atoms with Crippen LogP contribution in [-0.4, -0.2) is 54.1 Å². The van der Waals surface area contributed by atoms with Crippen molar-refractivity contribution in [2.24, 2.45) is 0 Å². The molecule has 33 heavy (non-hydrogen) atoms. The Morgan fingerprint density at radius 1 is 1.12 bits per heavy atom. The third-order valence-corrected chi connectivity index (χ3v) is 5.00. The maximum Gasteiger partial charge on any atom is 0.408 e. The number of aliphatic carboxylic acids is 1. The molecule has 0 fully saturated rings. The second-order valence-electron chi connectivity index (χ2n) is 6.80. The van der Waals surface area contributed by atoms with Crippen molar-refractivity contribution in [1.29, 1.82) is 0 Å². The number of nitrogens with zero attached hydrogens (tertiary/aromatic N) is 4. The smallest absolute Gasteiger partial charge is 0.408 e. The maximum atomic E-state index is 12.6. The summed E-state index contributed by atoms with van der Waals surface area (Å²) in [7, 11) is 0. The molecule has 0 saturated heterocycles. The molecule has 0 radical (unpaired) electrons. The van der Waals surface area contributed by atoms with E-state index < -0.39 is 36.9 Å². The topological polar surface area (TPSA) is 136 Å². The highest BCUT2D eigenvalue weighted by atomic mass is 35.5. The SMILES string of the molecule is O=C(O)CC(NC(=O)OCc1ccccc1)C(=O)Cn1nnc(C(=S)c2ccc(Cl)cc2)n1. The highest BCUT2D eigenvalue weighted by molar-refractivity contribution is 7.81. The van der Waals surface area contributed by atoms with Crippen LogP contribution in [0, 0.1) is 0 Å². The minimum Gasteiger partial charge on any atom is -0.481 e. The van der Waals surface area contributed by atoms with E-state index in [1.54, 1.807) is 48.5 Å². The molecule has 0 spiro atoms. The fourth-order valence-electron chi connectivity index (χ4n) is 2.71. The van der Waals surface area contributed by atoms with Crippen LogP contribution in [0.3, 0.4) is 0 Å². The summed E-state index contributed by atoms with van der Waals surface area (Å²) in [6.07, 6.45) is -1.56. The van der Waals surface area contributed by atoms with Crippen LogP contribution in [0.4, 0.5) is 4.79 Å². The van der Waals surface area contributed by atoms with Crippen LogP contribution in [-0.2, 0) is 27.5 Å². The molecule has 1 unspecified atom stereocenters. The first-order valence-electron chi connectivity index (χ1n) is 9.61. The van der Waals surface area contributed by atoms with Crippen molar-refractivity contribution in [2.75, 3.05) is 0 Å². The number of benzene rings is 2. The van der Waals surface area contributed by atoms with Crippen molar-refractivity contribution in [1.82, 2.24) is 25.5 Å². The summed E-state index contributed by atoms with van der Waals surface area (Å²) in [5.74, 6) is -1.80. The number of carboxylic acid groups (broad SMARTS) is 1. The highest BCUT2D eigenvalue weighted by Gasteiger charge is 2.25. The molecule has 2 N–H and O–H groups in total. The molecule has 3 rings (SSSR count). The molecule has 0 saturated carbocycles. The number of hydrogen-bond acceptors (Lipinski definition) is 8. The molecule has 0 aliphatic heterocycles. The second-order valence-corrected chi connectivity index (χ2v) is 7.65. The van der Waals surface area contributed by atoms with Gasteiger partial charge in [-0.05, 0) is 28.5 Å². The lowest BCUT2D eigenvalue weighted by atomic mass is 10.1. The second kappa shape index (κ2) is 11.2. The van der Waals surface area contributed by atoms with Gasteiger partial charge in [-0.1, -0.05) is 66.3 Å². The summed E-state index contributed by atoms with van der Waals surface area (Å²) in [5.41, 5.74) is 1.39. The number of carboxylic acids is 1. The summed E-state index contributed by atoms with van der Waals surface area (Å²) in [6.45, 7) is -0.454. The molecular weight excluding hydrogens is 470 g/mol. The van der Waals surface area contributed by atoms with Gasteiger partial charge in [0.25, 0.3) is 0 Å². The number of thiocarbonyl (C=S) groups is 1. The Bertz CT molecular complexity index is 1150. The largest absolute Gasteiger partial charge is 0.481 e. The van der Waals surface area contributed by atoms with Gasteiger partial charge in [0.2, 0.25) is 5.82 Å². The number of tetrazole rings is 1. The van der Waals surface area contributed by atoms with E-state index >= 15 is 0 Å². The molecule has 1 aromatic heterocycles. The number of hydrogen-bond donors (Lipinski definition) is 2. The molecule has 0 bridgehead atoms. The Morgan fingerprint density at radius 3 is 2.48 bits per heavy atom. The molecule has 10 nitrogen and oxygen atoms in total. The molecule has 3 aromatic rings.